The molecule has 0 fully saturated rings. The molecule has 0 radical (unpaired) electrons. The van der Waals surface area contributed by atoms with Crippen LogP contribution in [-0.4, -0.2) is 18.4 Å². The van der Waals surface area contributed by atoms with Gasteiger partial charge >= 0.3 is 0 Å². The second kappa shape index (κ2) is 6.45. The third kappa shape index (κ3) is 4.13. The Balaban J connectivity index is 2.31. The molecular formula is C15H16N2O5S. The van der Waals surface area contributed by atoms with Crippen molar-refractivity contribution in [2.24, 2.45) is 5.14 Å². The summed E-state index contributed by atoms with van der Waals surface area (Å²) in [5, 5.41) is 26.1. The van der Waals surface area contributed by atoms with Crippen molar-refractivity contribution in [2.75, 3.05) is 0 Å². The van der Waals surface area contributed by atoms with Gasteiger partial charge in [0.05, 0.1) is 15.9 Å². The average Bonchev–Trinajstić information content (AvgIpc) is 2.46. The van der Waals surface area contributed by atoms with Gasteiger partial charge in [-0.3, -0.25) is 10.1 Å². The van der Waals surface area contributed by atoms with Gasteiger partial charge in [0.2, 0.25) is 10.0 Å². The molecule has 122 valence electrons. The Labute approximate surface area is 133 Å². The first-order chi connectivity index (χ1) is 10.7. The van der Waals surface area contributed by atoms with E-state index in [0.717, 1.165) is 5.56 Å². The Morgan fingerprint density at radius 1 is 1.22 bits per heavy atom. The van der Waals surface area contributed by atoms with Gasteiger partial charge in [0.15, 0.2) is 0 Å². The molecule has 23 heavy (non-hydrogen) atoms. The van der Waals surface area contributed by atoms with Crippen molar-refractivity contribution in [2.45, 2.75) is 24.3 Å². The van der Waals surface area contributed by atoms with Crippen molar-refractivity contribution in [1.82, 2.24) is 0 Å². The fourth-order valence-electron chi connectivity index (χ4n) is 2.29. The van der Waals surface area contributed by atoms with Gasteiger partial charge in [0.1, 0.15) is 0 Å². The Kier molecular flexibility index (Phi) is 4.79. The van der Waals surface area contributed by atoms with Gasteiger partial charge < -0.3 is 5.11 Å². The molecule has 2 aromatic carbocycles. The van der Waals surface area contributed by atoms with E-state index in [1.165, 1.54) is 30.3 Å². The molecule has 1 atom stereocenters. The van der Waals surface area contributed by atoms with E-state index in [9.17, 15) is 23.6 Å². The number of aryl methyl sites for hydroxylation is 1. The predicted octanol–water partition coefficient (Wildman–Crippen LogP) is 1.83. The van der Waals surface area contributed by atoms with Crippen LogP contribution in [0, 0.1) is 17.0 Å². The minimum Gasteiger partial charge on any atom is -0.388 e. The molecule has 0 aliphatic carbocycles. The van der Waals surface area contributed by atoms with Crippen molar-refractivity contribution in [1.29, 1.82) is 0 Å². The van der Waals surface area contributed by atoms with Crippen molar-refractivity contribution in [3.05, 3.63) is 69.3 Å². The number of rotatable bonds is 5. The van der Waals surface area contributed by atoms with E-state index in [1.54, 1.807) is 19.1 Å². The largest absolute Gasteiger partial charge is 0.388 e. The highest BCUT2D eigenvalue weighted by molar-refractivity contribution is 7.89. The molecule has 0 saturated carbocycles. The van der Waals surface area contributed by atoms with Gasteiger partial charge in [-0.15, -0.1) is 0 Å². The topological polar surface area (TPSA) is 124 Å². The zero-order valence-electron chi connectivity index (χ0n) is 12.3. The fourth-order valence-corrected chi connectivity index (χ4v) is 3.06. The maximum absolute atomic E-state index is 11.6. The van der Waals surface area contributed by atoms with Crippen LogP contribution in [0.25, 0.3) is 0 Å². The van der Waals surface area contributed by atoms with Gasteiger partial charge in [-0.05, 0) is 36.2 Å². The van der Waals surface area contributed by atoms with Crippen molar-refractivity contribution in [3.8, 4) is 0 Å². The zero-order chi connectivity index (χ0) is 17.2. The molecule has 2 rings (SSSR count). The van der Waals surface area contributed by atoms with E-state index in [-0.39, 0.29) is 17.0 Å². The van der Waals surface area contributed by atoms with Crippen molar-refractivity contribution >= 4 is 15.7 Å². The average molecular weight is 336 g/mol. The van der Waals surface area contributed by atoms with E-state index in [0.29, 0.717) is 11.1 Å². The monoisotopic (exact) mass is 336 g/mol. The number of aliphatic hydroxyl groups is 1. The number of primary sulfonamides is 1. The molecule has 0 aliphatic heterocycles. The van der Waals surface area contributed by atoms with Crippen LogP contribution in [0.15, 0.2) is 47.4 Å². The number of nitrogens with zero attached hydrogens (tertiary/aromatic N) is 1. The maximum Gasteiger partial charge on any atom is 0.269 e. The molecule has 0 aromatic heterocycles. The van der Waals surface area contributed by atoms with Crippen LogP contribution in [0.5, 0.6) is 0 Å². The highest BCUT2D eigenvalue weighted by atomic mass is 32.2. The Bertz CT molecular complexity index is 831. The number of hydrogen-bond donors (Lipinski definition) is 2. The molecule has 8 heteroatoms. The van der Waals surface area contributed by atoms with E-state index >= 15 is 0 Å². The Hall–Kier alpha value is -2.29. The third-order valence-electron chi connectivity index (χ3n) is 3.42. The van der Waals surface area contributed by atoms with E-state index in [2.05, 4.69) is 0 Å². The van der Waals surface area contributed by atoms with E-state index < -0.39 is 21.1 Å². The normalized spacial score (nSPS) is 12.8. The van der Waals surface area contributed by atoms with Gasteiger partial charge in [-0.1, -0.05) is 17.7 Å². The molecular weight excluding hydrogens is 320 g/mol. The lowest BCUT2D eigenvalue weighted by molar-refractivity contribution is -0.384. The van der Waals surface area contributed by atoms with Crippen molar-refractivity contribution < 1.29 is 18.4 Å². The highest BCUT2D eigenvalue weighted by Crippen LogP contribution is 2.25. The molecule has 0 saturated heterocycles. The first-order valence-electron chi connectivity index (χ1n) is 6.73. The molecule has 0 spiro atoms. The first kappa shape index (κ1) is 17.1. The summed E-state index contributed by atoms with van der Waals surface area (Å²) < 4.78 is 23.2. The van der Waals surface area contributed by atoms with Crippen LogP contribution < -0.4 is 5.14 Å². The SMILES string of the molecule is Cc1ccc(S(N)(=O)=O)c(CC(O)c2ccc([N+](=O)[O-])cc2)c1. The van der Waals surface area contributed by atoms with Crippen LogP contribution in [-0.2, 0) is 16.4 Å². The lowest BCUT2D eigenvalue weighted by atomic mass is 10.00. The number of aliphatic hydroxyl groups excluding tert-OH is 1. The summed E-state index contributed by atoms with van der Waals surface area (Å²) in [5.74, 6) is 0. The minimum atomic E-state index is -3.90. The molecule has 0 aliphatic rings. The van der Waals surface area contributed by atoms with Crippen LogP contribution in [0.3, 0.4) is 0 Å². The summed E-state index contributed by atoms with van der Waals surface area (Å²) in [7, 11) is -3.90. The molecule has 0 heterocycles. The summed E-state index contributed by atoms with van der Waals surface area (Å²) in [4.78, 5) is 10.1. The fraction of sp³-hybridized carbons (Fsp3) is 0.200. The molecule has 7 nitrogen and oxygen atoms in total. The number of non-ortho nitro benzene ring substituents is 1. The standard InChI is InChI=1S/C15H16N2O5S/c1-10-2-7-15(23(16,21)22)12(8-10)9-14(18)11-3-5-13(6-4-11)17(19)20/h2-8,14,18H,9H2,1H3,(H2,16,21,22). The first-order valence-corrected chi connectivity index (χ1v) is 8.28. The number of benzene rings is 2. The van der Waals surface area contributed by atoms with Gasteiger partial charge in [0.25, 0.3) is 5.69 Å². The highest BCUT2D eigenvalue weighted by Gasteiger charge is 2.18. The number of nitro groups is 1. The molecule has 3 N–H and O–H groups in total. The lowest BCUT2D eigenvalue weighted by Gasteiger charge is -2.14. The van der Waals surface area contributed by atoms with Crippen LogP contribution in [0.4, 0.5) is 5.69 Å². The Morgan fingerprint density at radius 2 is 1.83 bits per heavy atom. The lowest BCUT2D eigenvalue weighted by Crippen LogP contribution is -2.16. The van der Waals surface area contributed by atoms with Crippen LogP contribution in [0.1, 0.15) is 22.8 Å². The Morgan fingerprint density at radius 3 is 2.35 bits per heavy atom. The molecule has 0 bridgehead atoms. The third-order valence-corrected chi connectivity index (χ3v) is 4.44. The quantitative estimate of drug-likeness (QED) is 0.637. The number of nitro benzene ring substituents is 1. The number of sulfonamides is 1. The molecule has 0 amide bonds. The number of nitrogens with two attached hydrogens (primary N) is 1. The summed E-state index contributed by atoms with van der Waals surface area (Å²) in [6.45, 7) is 1.80. The minimum absolute atomic E-state index is 0.0330. The maximum atomic E-state index is 11.6. The van der Waals surface area contributed by atoms with Crippen LogP contribution in [0.2, 0.25) is 0 Å². The molecule has 1 unspecified atom stereocenters. The van der Waals surface area contributed by atoms with Crippen molar-refractivity contribution in [3.63, 3.8) is 0 Å². The van der Waals surface area contributed by atoms with Gasteiger partial charge in [-0.25, -0.2) is 13.6 Å². The molecule has 2 aromatic rings. The second-order valence-corrected chi connectivity index (χ2v) is 6.75. The smallest absolute Gasteiger partial charge is 0.269 e. The number of hydrogen-bond acceptors (Lipinski definition) is 5. The predicted molar refractivity (Wildman–Crippen MR) is 84.3 cm³/mol. The zero-order valence-corrected chi connectivity index (χ0v) is 13.2. The summed E-state index contributed by atoms with van der Waals surface area (Å²) in [5.41, 5.74) is 1.61. The summed E-state index contributed by atoms with van der Waals surface area (Å²) >= 11 is 0. The van der Waals surface area contributed by atoms with Gasteiger partial charge in [-0.2, -0.15) is 0 Å². The van der Waals surface area contributed by atoms with E-state index in [1.807, 2.05) is 0 Å². The van der Waals surface area contributed by atoms with Crippen LogP contribution >= 0.6 is 0 Å². The summed E-state index contributed by atoms with van der Waals surface area (Å²) in [6.07, 6.45) is -0.969. The van der Waals surface area contributed by atoms with E-state index in [4.69, 9.17) is 5.14 Å². The second-order valence-electron chi connectivity index (χ2n) is 5.22. The summed E-state index contributed by atoms with van der Waals surface area (Å²) in [6, 6.07) is 10.1. The van der Waals surface area contributed by atoms with Gasteiger partial charge in [0, 0.05) is 18.6 Å².